The summed E-state index contributed by atoms with van der Waals surface area (Å²) in [7, 11) is 0. The van der Waals surface area contributed by atoms with E-state index in [4.69, 9.17) is 4.98 Å². The van der Waals surface area contributed by atoms with E-state index in [2.05, 4.69) is 41.7 Å². The molecule has 5 rings (SSSR count). The molecule has 2 aliphatic rings. The number of benzene rings is 1. The second-order valence-electron chi connectivity index (χ2n) is 9.42. The number of nitrogens with one attached hydrogen (secondary N) is 2. The summed E-state index contributed by atoms with van der Waals surface area (Å²) in [5.74, 6) is 0.601. The van der Waals surface area contributed by atoms with Crippen molar-refractivity contribution in [2.45, 2.75) is 65.1 Å². The molecule has 1 saturated heterocycles. The lowest BCUT2D eigenvalue weighted by Gasteiger charge is -2.36. The number of piperidine rings is 1. The molecule has 2 aromatic heterocycles. The third kappa shape index (κ3) is 3.64. The van der Waals surface area contributed by atoms with Gasteiger partial charge in [0, 0.05) is 43.0 Å². The van der Waals surface area contributed by atoms with E-state index < -0.39 is 0 Å². The number of aromatic nitrogens is 3. The van der Waals surface area contributed by atoms with E-state index in [0.29, 0.717) is 30.6 Å². The smallest absolute Gasteiger partial charge is 0.270 e. The molecule has 4 heterocycles. The van der Waals surface area contributed by atoms with Crippen LogP contribution in [-0.4, -0.2) is 49.8 Å². The minimum Gasteiger partial charge on any atom is -0.351 e. The molecule has 1 atom stereocenters. The van der Waals surface area contributed by atoms with E-state index >= 15 is 0 Å². The maximum atomic E-state index is 13.5. The molecule has 2 N–H and O–H groups in total. The first-order chi connectivity index (χ1) is 15.4. The highest BCUT2D eigenvalue weighted by Gasteiger charge is 2.33. The average Bonchev–Trinajstić information content (AvgIpc) is 3.24. The van der Waals surface area contributed by atoms with Gasteiger partial charge in [-0.2, -0.15) is 0 Å². The molecule has 0 bridgehead atoms. The normalized spacial score (nSPS) is 19.5. The van der Waals surface area contributed by atoms with Crippen molar-refractivity contribution in [1.29, 1.82) is 0 Å². The van der Waals surface area contributed by atoms with E-state index in [0.717, 1.165) is 60.0 Å². The van der Waals surface area contributed by atoms with Crippen LogP contribution in [0.3, 0.4) is 0 Å². The number of fused-ring (bicyclic) bond motifs is 2. The molecule has 0 aliphatic carbocycles. The molecule has 168 valence electrons. The lowest BCUT2D eigenvalue weighted by Crippen LogP contribution is -2.42. The maximum absolute atomic E-state index is 13.5. The number of likely N-dealkylation sites (tertiary alicyclic amines) is 1. The quantitative estimate of drug-likeness (QED) is 0.660. The summed E-state index contributed by atoms with van der Waals surface area (Å²) in [5, 5.41) is 1.07. The summed E-state index contributed by atoms with van der Waals surface area (Å²) in [6.07, 6.45) is 3.55. The predicted molar refractivity (Wildman–Crippen MR) is 125 cm³/mol. The molecular formula is C25H31N5O2. The fourth-order valence-corrected chi connectivity index (χ4v) is 5.10. The van der Waals surface area contributed by atoms with Crippen molar-refractivity contribution < 1.29 is 4.79 Å². The van der Waals surface area contributed by atoms with Crippen molar-refractivity contribution in [2.75, 3.05) is 13.1 Å². The first-order valence-corrected chi connectivity index (χ1v) is 11.7. The highest BCUT2D eigenvalue weighted by molar-refractivity contribution is 5.99. The van der Waals surface area contributed by atoms with E-state index in [1.165, 1.54) is 0 Å². The molecule has 7 nitrogen and oxygen atoms in total. The number of amides is 1. The van der Waals surface area contributed by atoms with Gasteiger partial charge in [0.15, 0.2) is 0 Å². The number of H-pyrrole nitrogens is 2. The van der Waals surface area contributed by atoms with Gasteiger partial charge in [0.2, 0.25) is 0 Å². The summed E-state index contributed by atoms with van der Waals surface area (Å²) in [6.45, 7) is 8.56. The van der Waals surface area contributed by atoms with Gasteiger partial charge in [-0.25, -0.2) is 4.98 Å². The lowest BCUT2D eigenvalue weighted by molar-refractivity contribution is 0.0593. The Labute approximate surface area is 187 Å². The first kappa shape index (κ1) is 20.9. The Morgan fingerprint density at radius 1 is 1.19 bits per heavy atom. The van der Waals surface area contributed by atoms with Gasteiger partial charge in [0.05, 0.1) is 17.3 Å². The van der Waals surface area contributed by atoms with Gasteiger partial charge in [-0.15, -0.1) is 0 Å². The Morgan fingerprint density at radius 3 is 2.81 bits per heavy atom. The highest BCUT2D eigenvalue weighted by Crippen LogP contribution is 2.31. The van der Waals surface area contributed by atoms with Crippen LogP contribution in [0.25, 0.3) is 10.9 Å². The minimum atomic E-state index is -0.204. The van der Waals surface area contributed by atoms with Crippen LogP contribution in [0, 0.1) is 6.92 Å². The van der Waals surface area contributed by atoms with E-state index in [1.807, 2.05) is 23.1 Å². The number of rotatable bonds is 3. The number of aryl methyl sites for hydroxylation is 1. The molecule has 7 heteroatoms. The van der Waals surface area contributed by atoms with E-state index in [1.54, 1.807) is 0 Å². The fraction of sp³-hybridized carbons (Fsp3) is 0.480. The van der Waals surface area contributed by atoms with Gasteiger partial charge in [0.1, 0.15) is 11.5 Å². The van der Waals surface area contributed by atoms with Crippen LogP contribution in [0.1, 0.15) is 72.3 Å². The summed E-state index contributed by atoms with van der Waals surface area (Å²) in [4.78, 5) is 41.9. The van der Waals surface area contributed by atoms with Crippen molar-refractivity contribution in [3.05, 3.63) is 63.0 Å². The molecule has 2 aliphatic heterocycles. The van der Waals surface area contributed by atoms with Crippen LogP contribution in [0.2, 0.25) is 0 Å². The summed E-state index contributed by atoms with van der Waals surface area (Å²) in [5.41, 5.74) is 4.30. The van der Waals surface area contributed by atoms with Gasteiger partial charge >= 0.3 is 0 Å². The number of aromatic amines is 2. The Balaban J connectivity index is 1.47. The van der Waals surface area contributed by atoms with Crippen molar-refractivity contribution >= 4 is 16.8 Å². The van der Waals surface area contributed by atoms with Crippen LogP contribution < -0.4 is 5.56 Å². The zero-order valence-corrected chi connectivity index (χ0v) is 19.1. The number of hydrogen-bond donors (Lipinski definition) is 2. The highest BCUT2D eigenvalue weighted by atomic mass is 16.2. The monoisotopic (exact) mass is 433 g/mol. The van der Waals surface area contributed by atoms with Crippen LogP contribution in [0.15, 0.2) is 29.1 Å². The van der Waals surface area contributed by atoms with Gasteiger partial charge in [-0.1, -0.05) is 12.1 Å². The molecule has 1 unspecified atom stereocenters. The summed E-state index contributed by atoms with van der Waals surface area (Å²) in [6, 6.07) is 8.18. The van der Waals surface area contributed by atoms with Crippen molar-refractivity contribution in [3.63, 3.8) is 0 Å². The van der Waals surface area contributed by atoms with Gasteiger partial charge < -0.3 is 14.9 Å². The number of carbonyl (C=O) groups is 1. The van der Waals surface area contributed by atoms with Gasteiger partial charge in [-0.05, 0) is 57.7 Å². The number of nitrogens with zero attached hydrogens (tertiary/aromatic N) is 3. The number of carbonyl (C=O) groups excluding carboxylic acids is 1. The molecule has 1 amide bonds. The minimum absolute atomic E-state index is 0.0309. The zero-order chi connectivity index (χ0) is 22.4. The molecule has 0 saturated carbocycles. The van der Waals surface area contributed by atoms with Crippen LogP contribution in [0.5, 0.6) is 0 Å². The molecule has 0 spiro atoms. The average molecular weight is 434 g/mol. The standard InChI is InChI=1S/C25H31N5O2/c1-15(2)29-12-10-20-18(14-29)24(31)28-23(27-20)22-9-4-5-11-30(22)25(32)21-13-17-16(3)7-6-8-19(17)26-21/h6-8,13,15,22,26H,4-5,9-12,14H2,1-3H3,(H,27,28,31). The second kappa shape index (κ2) is 8.20. The summed E-state index contributed by atoms with van der Waals surface area (Å²) < 4.78 is 0. The number of hydrogen-bond acceptors (Lipinski definition) is 4. The van der Waals surface area contributed by atoms with Crippen molar-refractivity contribution in [3.8, 4) is 0 Å². The topological polar surface area (TPSA) is 85.1 Å². The maximum Gasteiger partial charge on any atom is 0.270 e. The third-order valence-corrected chi connectivity index (χ3v) is 7.04. The van der Waals surface area contributed by atoms with Crippen molar-refractivity contribution in [1.82, 2.24) is 24.8 Å². The molecule has 32 heavy (non-hydrogen) atoms. The van der Waals surface area contributed by atoms with E-state index in [-0.39, 0.29) is 17.5 Å². The molecule has 0 radical (unpaired) electrons. The Morgan fingerprint density at radius 2 is 2.03 bits per heavy atom. The largest absolute Gasteiger partial charge is 0.351 e. The Kier molecular flexibility index (Phi) is 5.37. The fourth-order valence-electron chi connectivity index (χ4n) is 5.10. The lowest BCUT2D eigenvalue weighted by atomic mass is 9.99. The predicted octanol–water partition coefficient (Wildman–Crippen LogP) is 3.69. The van der Waals surface area contributed by atoms with Crippen LogP contribution in [0.4, 0.5) is 0 Å². The first-order valence-electron chi connectivity index (χ1n) is 11.7. The van der Waals surface area contributed by atoms with Gasteiger partial charge in [0.25, 0.3) is 11.5 Å². The van der Waals surface area contributed by atoms with Crippen LogP contribution in [-0.2, 0) is 13.0 Å². The third-order valence-electron chi connectivity index (χ3n) is 7.04. The molecular weight excluding hydrogens is 402 g/mol. The second-order valence-corrected chi connectivity index (χ2v) is 9.42. The van der Waals surface area contributed by atoms with Gasteiger partial charge in [-0.3, -0.25) is 14.5 Å². The Bertz CT molecular complexity index is 1220. The van der Waals surface area contributed by atoms with Crippen molar-refractivity contribution in [2.24, 2.45) is 0 Å². The molecule has 3 aromatic rings. The molecule has 1 aromatic carbocycles. The molecule has 1 fully saturated rings. The SMILES string of the molecule is Cc1cccc2[nH]c(C(=O)N3CCCCC3c3nc4c(c(=O)[nH]3)CN(C(C)C)CC4)cc12. The Hall–Kier alpha value is -2.93. The van der Waals surface area contributed by atoms with Crippen LogP contribution >= 0.6 is 0 Å². The van der Waals surface area contributed by atoms with E-state index in [9.17, 15) is 9.59 Å². The summed E-state index contributed by atoms with van der Waals surface area (Å²) >= 11 is 0. The zero-order valence-electron chi connectivity index (χ0n) is 19.1.